The van der Waals surface area contributed by atoms with Crippen LogP contribution >= 0.6 is 0 Å². The predicted octanol–water partition coefficient (Wildman–Crippen LogP) is 4.40. The van der Waals surface area contributed by atoms with Crippen molar-refractivity contribution >= 4 is 17.4 Å². The van der Waals surface area contributed by atoms with Crippen LogP contribution in [-0.2, 0) is 0 Å². The molecule has 3 aromatic rings. The SMILES string of the molecule is CC(=O)c1ccc(-c2cnc(N)c(-c3ccc(C(C)=O)cc3)c2)cc1. The van der Waals surface area contributed by atoms with Gasteiger partial charge in [0, 0.05) is 28.5 Å². The second-order valence-corrected chi connectivity index (χ2v) is 5.92. The molecule has 1 heterocycles. The monoisotopic (exact) mass is 330 g/mol. The number of benzene rings is 2. The molecule has 0 unspecified atom stereocenters. The topological polar surface area (TPSA) is 73.1 Å². The average molecular weight is 330 g/mol. The lowest BCUT2D eigenvalue weighted by Crippen LogP contribution is -1.96. The zero-order chi connectivity index (χ0) is 18.0. The van der Waals surface area contributed by atoms with E-state index in [4.69, 9.17) is 5.73 Å². The van der Waals surface area contributed by atoms with E-state index in [-0.39, 0.29) is 11.6 Å². The molecule has 2 aromatic carbocycles. The van der Waals surface area contributed by atoms with E-state index in [1.54, 1.807) is 37.4 Å². The normalized spacial score (nSPS) is 10.5. The standard InChI is InChI=1S/C21H18N2O2/c1-13(24)15-3-7-17(8-4-15)19-11-20(21(22)23-12-19)18-9-5-16(6-10-18)14(2)25/h3-12H,1-2H3,(H2,22,23). The van der Waals surface area contributed by atoms with Gasteiger partial charge in [0.05, 0.1) is 0 Å². The van der Waals surface area contributed by atoms with Gasteiger partial charge in [0.15, 0.2) is 11.6 Å². The first-order chi connectivity index (χ1) is 12.0. The molecule has 0 aliphatic rings. The lowest BCUT2D eigenvalue weighted by molar-refractivity contribution is 0.100. The Labute approximate surface area is 146 Å². The molecule has 4 nitrogen and oxygen atoms in total. The van der Waals surface area contributed by atoms with E-state index in [1.165, 1.54) is 6.92 Å². The van der Waals surface area contributed by atoms with Gasteiger partial charge in [-0.2, -0.15) is 0 Å². The number of nitrogens with two attached hydrogens (primary N) is 1. The molecule has 3 rings (SSSR count). The number of carbonyl (C=O) groups is 2. The van der Waals surface area contributed by atoms with E-state index in [0.29, 0.717) is 16.9 Å². The summed E-state index contributed by atoms with van der Waals surface area (Å²) in [5, 5.41) is 0. The molecule has 0 atom stereocenters. The van der Waals surface area contributed by atoms with Gasteiger partial charge in [-0.3, -0.25) is 9.59 Å². The van der Waals surface area contributed by atoms with Crippen LogP contribution in [0.1, 0.15) is 34.6 Å². The van der Waals surface area contributed by atoms with Crippen LogP contribution in [0, 0.1) is 0 Å². The van der Waals surface area contributed by atoms with Gasteiger partial charge in [-0.15, -0.1) is 0 Å². The van der Waals surface area contributed by atoms with Gasteiger partial charge in [0.1, 0.15) is 5.82 Å². The molecule has 0 fully saturated rings. The molecule has 0 amide bonds. The Morgan fingerprint density at radius 3 is 1.72 bits per heavy atom. The zero-order valence-electron chi connectivity index (χ0n) is 14.1. The summed E-state index contributed by atoms with van der Waals surface area (Å²) in [6, 6.07) is 16.7. The van der Waals surface area contributed by atoms with Crippen LogP contribution in [-0.4, -0.2) is 16.6 Å². The molecule has 0 saturated carbocycles. The number of ketones is 2. The summed E-state index contributed by atoms with van der Waals surface area (Å²) in [5.41, 5.74) is 10.9. The van der Waals surface area contributed by atoms with Crippen molar-refractivity contribution in [3.8, 4) is 22.3 Å². The van der Waals surface area contributed by atoms with Crippen LogP contribution in [0.4, 0.5) is 5.82 Å². The number of rotatable bonds is 4. The number of pyridine rings is 1. The number of aromatic nitrogens is 1. The summed E-state index contributed by atoms with van der Waals surface area (Å²) in [5.74, 6) is 0.491. The van der Waals surface area contributed by atoms with Crippen molar-refractivity contribution in [2.75, 3.05) is 5.73 Å². The number of Topliss-reactive ketones (excluding diaryl/α,β-unsaturated/α-hetero) is 2. The van der Waals surface area contributed by atoms with Gasteiger partial charge in [0.2, 0.25) is 0 Å². The average Bonchev–Trinajstić information content (AvgIpc) is 2.62. The summed E-state index contributed by atoms with van der Waals surface area (Å²) >= 11 is 0. The number of carbonyl (C=O) groups excluding carboxylic acids is 2. The quantitative estimate of drug-likeness (QED) is 0.719. The highest BCUT2D eigenvalue weighted by molar-refractivity contribution is 5.95. The second kappa shape index (κ2) is 6.69. The molecule has 0 aliphatic carbocycles. The highest BCUT2D eigenvalue weighted by Crippen LogP contribution is 2.30. The Hall–Kier alpha value is -3.27. The van der Waals surface area contributed by atoms with Crippen molar-refractivity contribution in [3.63, 3.8) is 0 Å². The highest BCUT2D eigenvalue weighted by Gasteiger charge is 2.09. The van der Waals surface area contributed by atoms with E-state index in [2.05, 4.69) is 4.98 Å². The molecule has 1 aromatic heterocycles. The molecule has 25 heavy (non-hydrogen) atoms. The largest absolute Gasteiger partial charge is 0.383 e. The Bertz CT molecular complexity index is 943. The number of nitrogen functional groups attached to an aromatic ring is 1. The molecule has 0 aliphatic heterocycles. The lowest BCUT2D eigenvalue weighted by Gasteiger charge is -2.09. The van der Waals surface area contributed by atoms with Crippen molar-refractivity contribution in [1.29, 1.82) is 0 Å². The Morgan fingerprint density at radius 2 is 1.24 bits per heavy atom. The lowest BCUT2D eigenvalue weighted by atomic mass is 9.99. The predicted molar refractivity (Wildman–Crippen MR) is 99.5 cm³/mol. The first-order valence-corrected chi connectivity index (χ1v) is 7.94. The van der Waals surface area contributed by atoms with E-state index >= 15 is 0 Å². The van der Waals surface area contributed by atoms with Crippen molar-refractivity contribution < 1.29 is 9.59 Å². The maximum absolute atomic E-state index is 11.4. The van der Waals surface area contributed by atoms with Crippen molar-refractivity contribution in [1.82, 2.24) is 4.98 Å². The Morgan fingerprint density at radius 1 is 0.760 bits per heavy atom. The fraction of sp³-hybridized carbons (Fsp3) is 0.0952. The molecule has 2 N–H and O–H groups in total. The van der Waals surface area contributed by atoms with E-state index in [0.717, 1.165) is 22.3 Å². The van der Waals surface area contributed by atoms with Crippen molar-refractivity contribution in [3.05, 3.63) is 71.9 Å². The molecule has 0 spiro atoms. The molecule has 124 valence electrons. The molecular weight excluding hydrogens is 312 g/mol. The third-order valence-corrected chi connectivity index (χ3v) is 4.15. The number of hydrogen-bond acceptors (Lipinski definition) is 4. The minimum atomic E-state index is 0.0250. The fourth-order valence-corrected chi connectivity index (χ4v) is 2.65. The van der Waals surface area contributed by atoms with Gasteiger partial charge >= 0.3 is 0 Å². The summed E-state index contributed by atoms with van der Waals surface area (Å²) in [7, 11) is 0. The molecule has 0 radical (unpaired) electrons. The van der Waals surface area contributed by atoms with Crippen LogP contribution in [0.25, 0.3) is 22.3 Å². The number of anilines is 1. The van der Waals surface area contributed by atoms with Crippen molar-refractivity contribution in [2.45, 2.75) is 13.8 Å². The van der Waals surface area contributed by atoms with Gasteiger partial charge in [-0.1, -0.05) is 48.5 Å². The smallest absolute Gasteiger partial charge is 0.159 e. The summed E-state index contributed by atoms with van der Waals surface area (Å²) in [6.07, 6.45) is 1.71. The van der Waals surface area contributed by atoms with Gasteiger partial charge in [-0.25, -0.2) is 4.98 Å². The Kier molecular flexibility index (Phi) is 4.44. The molecule has 0 bridgehead atoms. The summed E-state index contributed by atoms with van der Waals surface area (Å²) < 4.78 is 0. The fourth-order valence-electron chi connectivity index (χ4n) is 2.65. The van der Waals surface area contributed by atoms with E-state index < -0.39 is 0 Å². The molecule has 0 saturated heterocycles. The van der Waals surface area contributed by atoms with E-state index in [9.17, 15) is 9.59 Å². The second-order valence-electron chi connectivity index (χ2n) is 5.92. The number of hydrogen-bond donors (Lipinski definition) is 1. The summed E-state index contributed by atoms with van der Waals surface area (Å²) in [6.45, 7) is 3.08. The third-order valence-electron chi connectivity index (χ3n) is 4.15. The van der Waals surface area contributed by atoms with Crippen LogP contribution in [0.15, 0.2) is 60.8 Å². The highest BCUT2D eigenvalue weighted by atomic mass is 16.1. The summed E-state index contributed by atoms with van der Waals surface area (Å²) in [4.78, 5) is 27.1. The zero-order valence-corrected chi connectivity index (χ0v) is 14.1. The van der Waals surface area contributed by atoms with Crippen LogP contribution in [0.5, 0.6) is 0 Å². The molecular formula is C21H18N2O2. The minimum Gasteiger partial charge on any atom is -0.383 e. The number of nitrogens with zero attached hydrogens (tertiary/aromatic N) is 1. The maximum Gasteiger partial charge on any atom is 0.159 e. The first kappa shape index (κ1) is 16.6. The van der Waals surface area contributed by atoms with Crippen LogP contribution in [0.2, 0.25) is 0 Å². The van der Waals surface area contributed by atoms with Crippen LogP contribution in [0.3, 0.4) is 0 Å². The van der Waals surface area contributed by atoms with E-state index in [1.807, 2.05) is 30.3 Å². The maximum atomic E-state index is 11.4. The van der Waals surface area contributed by atoms with Gasteiger partial charge < -0.3 is 5.73 Å². The molecule has 4 heteroatoms. The first-order valence-electron chi connectivity index (χ1n) is 7.94. The third kappa shape index (κ3) is 3.48. The van der Waals surface area contributed by atoms with Crippen LogP contribution < -0.4 is 5.73 Å². The minimum absolute atomic E-state index is 0.0250. The van der Waals surface area contributed by atoms with Crippen molar-refractivity contribution in [2.24, 2.45) is 0 Å². The van der Waals surface area contributed by atoms with Gasteiger partial charge in [-0.05, 0) is 31.0 Å². The Balaban J connectivity index is 2.00. The van der Waals surface area contributed by atoms with Gasteiger partial charge in [0.25, 0.3) is 0 Å².